The van der Waals surface area contributed by atoms with Crippen LogP contribution < -0.4 is 5.32 Å². The van der Waals surface area contributed by atoms with E-state index in [1.807, 2.05) is 18.2 Å². The predicted octanol–water partition coefficient (Wildman–Crippen LogP) is 3.77. The summed E-state index contributed by atoms with van der Waals surface area (Å²) in [5, 5.41) is 14.4. The lowest BCUT2D eigenvalue weighted by Crippen LogP contribution is -2.07. The normalized spacial score (nSPS) is 19.5. The van der Waals surface area contributed by atoms with Crippen molar-refractivity contribution in [2.45, 2.75) is 25.3 Å². The molecule has 1 saturated carbocycles. The maximum Gasteiger partial charge on any atom is 0.293 e. The summed E-state index contributed by atoms with van der Waals surface area (Å²) in [5.74, 6) is 0.205. The van der Waals surface area contributed by atoms with Gasteiger partial charge in [0.25, 0.3) is 5.69 Å². The molecule has 0 bridgehead atoms. The van der Waals surface area contributed by atoms with Gasteiger partial charge < -0.3 is 5.32 Å². The fraction of sp³-hybridized carbons (Fsp3) is 0.235. The molecule has 0 saturated heterocycles. The van der Waals surface area contributed by atoms with Crippen LogP contribution in [0.15, 0.2) is 48.5 Å². The zero-order valence-electron chi connectivity index (χ0n) is 12.2. The van der Waals surface area contributed by atoms with Gasteiger partial charge in [0.2, 0.25) is 0 Å². The number of ketones is 1. The number of nitrogens with one attached hydrogen (secondary N) is 1. The molecule has 0 heterocycles. The van der Waals surface area contributed by atoms with Gasteiger partial charge >= 0.3 is 0 Å². The summed E-state index contributed by atoms with van der Waals surface area (Å²) in [4.78, 5) is 22.1. The molecule has 1 aliphatic rings. The lowest BCUT2D eigenvalue weighted by atomic mass is 10.1. The van der Waals surface area contributed by atoms with Crippen molar-refractivity contribution in [1.29, 1.82) is 0 Å². The van der Waals surface area contributed by atoms with Crippen LogP contribution in [0.25, 0.3) is 0 Å². The first-order valence-electron chi connectivity index (χ1n) is 7.17. The molecule has 0 aromatic heterocycles. The van der Waals surface area contributed by atoms with E-state index in [0.717, 1.165) is 6.42 Å². The van der Waals surface area contributed by atoms with Crippen LogP contribution in [0.5, 0.6) is 0 Å². The first kappa shape index (κ1) is 14.3. The number of nitrogens with zero attached hydrogens (tertiary/aromatic N) is 1. The molecule has 112 valence electrons. The number of rotatable bonds is 5. The molecule has 1 N–H and O–H groups in total. The molecule has 0 radical (unpaired) electrons. The van der Waals surface area contributed by atoms with E-state index in [4.69, 9.17) is 0 Å². The molecule has 2 aromatic carbocycles. The Morgan fingerprint density at radius 3 is 2.59 bits per heavy atom. The Bertz CT molecular complexity index is 728. The Kier molecular flexibility index (Phi) is 3.63. The third-order valence-electron chi connectivity index (χ3n) is 3.96. The number of nitro benzene ring substituents is 1. The maximum atomic E-state index is 11.4. The molecule has 22 heavy (non-hydrogen) atoms. The molecular formula is C17H16N2O3. The molecule has 2 atom stereocenters. The Morgan fingerprint density at radius 1 is 1.23 bits per heavy atom. The van der Waals surface area contributed by atoms with E-state index in [1.54, 1.807) is 12.1 Å². The second-order valence-electron chi connectivity index (χ2n) is 5.55. The summed E-state index contributed by atoms with van der Waals surface area (Å²) in [6, 6.07) is 14.9. The van der Waals surface area contributed by atoms with Crippen molar-refractivity contribution in [3.8, 4) is 0 Å². The van der Waals surface area contributed by atoms with Gasteiger partial charge in [-0.05, 0) is 31.0 Å². The molecule has 5 heteroatoms. The number of hydrogen-bond acceptors (Lipinski definition) is 4. The van der Waals surface area contributed by atoms with E-state index in [2.05, 4.69) is 17.4 Å². The molecule has 0 spiro atoms. The summed E-state index contributed by atoms with van der Waals surface area (Å²) >= 11 is 0. The summed E-state index contributed by atoms with van der Waals surface area (Å²) in [7, 11) is 0. The first-order valence-corrected chi connectivity index (χ1v) is 7.17. The van der Waals surface area contributed by atoms with Gasteiger partial charge in [0, 0.05) is 23.6 Å². The molecule has 1 fully saturated rings. The highest BCUT2D eigenvalue weighted by atomic mass is 16.6. The Hall–Kier alpha value is -2.69. The Labute approximate surface area is 128 Å². The second kappa shape index (κ2) is 5.60. The number of anilines is 1. The molecule has 5 nitrogen and oxygen atoms in total. The van der Waals surface area contributed by atoms with Crippen LogP contribution in [0.1, 0.15) is 35.2 Å². The van der Waals surface area contributed by atoms with Crippen molar-refractivity contribution < 1.29 is 9.72 Å². The van der Waals surface area contributed by atoms with Gasteiger partial charge in [0.05, 0.1) is 4.92 Å². The highest BCUT2D eigenvalue weighted by Gasteiger charge is 2.39. The molecule has 3 rings (SSSR count). The zero-order valence-corrected chi connectivity index (χ0v) is 12.2. The zero-order chi connectivity index (χ0) is 15.7. The molecule has 0 aliphatic heterocycles. The van der Waals surface area contributed by atoms with Crippen LogP contribution in [-0.2, 0) is 0 Å². The van der Waals surface area contributed by atoms with Gasteiger partial charge in [-0.25, -0.2) is 0 Å². The Morgan fingerprint density at radius 2 is 1.95 bits per heavy atom. The second-order valence-corrected chi connectivity index (χ2v) is 5.55. The average Bonchev–Trinajstić information content (AvgIpc) is 3.27. The third kappa shape index (κ3) is 2.83. The molecule has 2 aromatic rings. The number of Topliss-reactive ketones (excluding diaryl/α,β-unsaturated/α-hetero) is 1. The van der Waals surface area contributed by atoms with Gasteiger partial charge in [-0.2, -0.15) is 0 Å². The van der Waals surface area contributed by atoms with Crippen LogP contribution in [-0.4, -0.2) is 16.7 Å². The minimum absolute atomic E-state index is 0.0496. The molecule has 2 unspecified atom stereocenters. The van der Waals surface area contributed by atoms with E-state index in [9.17, 15) is 14.9 Å². The highest BCUT2D eigenvalue weighted by Crippen LogP contribution is 2.43. The van der Waals surface area contributed by atoms with Crippen LogP contribution in [0.4, 0.5) is 11.4 Å². The van der Waals surface area contributed by atoms with Crippen molar-refractivity contribution >= 4 is 17.2 Å². The summed E-state index contributed by atoms with van der Waals surface area (Å²) in [5.41, 5.74) is 2.01. The van der Waals surface area contributed by atoms with Crippen molar-refractivity contribution in [2.24, 2.45) is 0 Å². The van der Waals surface area contributed by atoms with Crippen LogP contribution in [0, 0.1) is 10.1 Å². The largest absolute Gasteiger partial charge is 0.376 e. The van der Waals surface area contributed by atoms with Crippen LogP contribution in [0.2, 0.25) is 0 Å². The molecule has 1 aliphatic carbocycles. The Balaban J connectivity index is 1.79. The van der Waals surface area contributed by atoms with E-state index < -0.39 is 4.92 Å². The summed E-state index contributed by atoms with van der Waals surface area (Å²) in [6.07, 6.45) is 0.954. The van der Waals surface area contributed by atoms with Crippen LogP contribution >= 0.6 is 0 Å². The topological polar surface area (TPSA) is 72.2 Å². The maximum absolute atomic E-state index is 11.4. The fourth-order valence-electron chi connectivity index (χ4n) is 2.65. The van der Waals surface area contributed by atoms with Gasteiger partial charge in [-0.15, -0.1) is 0 Å². The number of nitro groups is 1. The quantitative estimate of drug-likeness (QED) is 0.518. The number of benzene rings is 2. The summed E-state index contributed by atoms with van der Waals surface area (Å²) < 4.78 is 0. The highest BCUT2D eigenvalue weighted by molar-refractivity contribution is 5.95. The van der Waals surface area contributed by atoms with Crippen molar-refractivity contribution in [1.82, 2.24) is 0 Å². The number of hydrogen-bond donors (Lipinski definition) is 1. The molecule has 0 amide bonds. The van der Waals surface area contributed by atoms with Crippen LogP contribution in [0.3, 0.4) is 0 Å². The lowest BCUT2D eigenvalue weighted by Gasteiger charge is -2.08. The van der Waals surface area contributed by atoms with Gasteiger partial charge in [0.15, 0.2) is 5.78 Å². The lowest BCUT2D eigenvalue weighted by molar-refractivity contribution is -0.384. The van der Waals surface area contributed by atoms with E-state index >= 15 is 0 Å². The van der Waals surface area contributed by atoms with Gasteiger partial charge in [-0.1, -0.05) is 30.3 Å². The monoisotopic (exact) mass is 296 g/mol. The average molecular weight is 296 g/mol. The number of carbonyl (C=O) groups is 1. The number of carbonyl (C=O) groups excluding carboxylic acids is 1. The standard InChI is InChI=1S/C17H16N2O3/c1-11(20)13-7-8-15(17(9-13)19(21)22)18-16-10-14(16)12-5-3-2-4-6-12/h2-9,14,16,18H,10H2,1H3. The van der Waals surface area contributed by atoms with Crippen molar-refractivity contribution in [3.63, 3.8) is 0 Å². The van der Waals surface area contributed by atoms with E-state index in [1.165, 1.54) is 18.6 Å². The van der Waals surface area contributed by atoms with E-state index in [-0.39, 0.29) is 17.5 Å². The fourth-order valence-corrected chi connectivity index (χ4v) is 2.65. The minimum Gasteiger partial charge on any atom is -0.376 e. The summed E-state index contributed by atoms with van der Waals surface area (Å²) in [6.45, 7) is 1.40. The SMILES string of the molecule is CC(=O)c1ccc(NC2CC2c2ccccc2)c([N+](=O)[O-])c1. The van der Waals surface area contributed by atoms with Gasteiger partial charge in [0.1, 0.15) is 5.69 Å². The van der Waals surface area contributed by atoms with Gasteiger partial charge in [-0.3, -0.25) is 14.9 Å². The van der Waals surface area contributed by atoms with Crippen molar-refractivity contribution in [2.75, 3.05) is 5.32 Å². The van der Waals surface area contributed by atoms with Crippen molar-refractivity contribution in [3.05, 3.63) is 69.8 Å². The predicted molar refractivity (Wildman–Crippen MR) is 84.3 cm³/mol. The molecular weight excluding hydrogens is 280 g/mol. The van der Waals surface area contributed by atoms with E-state index in [0.29, 0.717) is 17.2 Å². The smallest absolute Gasteiger partial charge is 0.293 e. The first-order chi connectivity index (χ1) is 10.6. The third-order valence-corrected chi connectivity index (χ3v) is 3.96. The minimum atomic E-state index is -0.450.